The smallest absolute Gasteiger partial charge is 0.332 e. The molecule has 0 aliphatic carbocycles. The Kier molecular flexibility index (Phi) is 12.3. The first-order valence-corrected chi connectivity index (χ1v) is 12.3. The Bertz CT molecular complexity index is 1050. The van der Waals surface area contributed by atoms with Crippen LogP contribution < -0.4 is 0 Å². The molecule has 0 saturated heterocycles. The minimum Gasteiger partial charge on any atom is -0.481 e. The zero-order valence-corrected chi connectivity index (χ0v) is 22.0. The van der Waals surface area contributed by atoms with Crippen LogP contribution in [-0.4, -0.2) is 60.5 Å². The first-order valence-electron chi connectivity index (χ1n) is 12.3. The topological polar surface area (TPSA) is 146 Å². The molecule has 0 radical (unpaired) electrons. The Morgan fingerprint density at radius 1 is 0.718 bits per heavy atom. The molecule has 39 heavy (non-hydrogen) atoms. The first-order chi connectivity index (χ1) is 18.6. The maximum Gasteiger partial charge on any atom is 0.332 e. The molecule has 10 heteroatoms. The van der Waals surface area contributed by atoms with E-state index >= 15 is 0 Å². The molecular formula is C29H34O10. The monoisotopic (exact) mass is 542 g/mol. The number of carbonyl (C=O) groups excluding carboxylic acids is 2. The second kappa shape index (κ2) is 15.4. The van der Waals surface area contributed by atoms with Gasteiger partial charge in [0.05, 0.1) is 38.3 Å². The van der Waals surface area contributed by atoms with Gasteiger partial charge in [-0.1, -0.05) is 81.1 Å². The highest BCUT2D eigenvalue weighted by molar-refractivity contribution is 6.01. The van der Waals surface area contributed by atoms with E-state index in [1.165, 1.54) is 13.8 Å². The zero-order chi connectivity index (χ0) is 28.8. The van der Waals surface area contributed by atoms with Crippen LogP contribution in [0.25, 0.3) is 0 Å². The molecule has 0 heterocycles. The summed E-state index contributed by atoms with van der Waals surface area (Å²) < 4.78 is 21.3. The SMILES string of the molecule is C=C(C(=O)O)C(C(=O)O)(C(C)C(=O)OCCOCc1ccccc1)C(C)C(=O)OCCOCc1ccccc1. The van der Waals surface area contributed by atoms with E-state index in [2.05, 4.69) is 6.58 Å². The van der Waals surface area contributed by atoms with Crippen LogP contribution in [0, 0.1) is 17.3 Å². The highest BCUT2D eigenvalue weighted by Gasteiger charge is 2.58. The van der Waals surface area contributed by atoms with E-state index in [0.29, 0.717) is 0 Å². The number of rotatable bonds is 17. The molecule has 210 valence electrons. The minimum atomic E-state index is -2.53. The third-order valence-corrected chi connectivity index (χ3v) is 6.35. The summed E-state index contributed by atoms with van der Waals surface area (Å²) >= 11 is 0. The standard InChI is InChI=1S/C29H34O10/c1-20(25(30)31)29(28(34)35,21(2)26(32)38-16-14-36-18-23-10-6-4-7-11-23)22(3)27(33)39-17-15-37-19-24-12-8-5-9-13-24/h4-13,21-22H,1,14-19H2,2-3H3,(H,30,31)(H,34,35). The summed E-state index contributed by atoms with van der Waals surface area (Å²) in [6.07, 6.45) is 0. The Balaban J connectivity index is 2.01. The molecule has 2 unspecified atom stereocenters. The lowest BCUT2D eigenvalue weighted by molar-refractivity contribution is -0.175. The van der Waals surface area contributed by atoms with Crippen LogP contribution in [0.15, 0.2) is 72.8 Å². The van der Waals surface area contributed by atoms with Crippen molar-refractivity contribution >= 4 is 23.9 Å². The van der Waals surface area contributed by atoms with Crippen LogP contribution in [0.2, 0.25) is 0 Å². The summed E-state index contributed by atoms with van der Waals surface area (Å²) in [5.74, 6) is -8.62. The quantitative estimate of drug-likeness (QED) is 0.173. The van der Waals surface area contributed by atoms with Gasteiger partial charge in [0.25, 0.3) is 0 Å². The van der Waals surface area contributed by atoms with E-state index in [1.807, 2.05) is 60.7 Å². The van der Waals surface area contributed by atoms with Crippen LogP contribution in [0.4, 0.5) is 0 Å². The molecule has 0 aliphatic heterocycles. The molecule has 2 atom stereocenters. The second-order valence-electron chi connectivity index (χ2n) is 8.81. The largest absolute Gasteiger partial charge is 0.481 e. The van der Waals surface area contributed by atoms with Crippen LogP contribution in [0.3, 0.4) is 0 Å². The summed E-state index contributed by atoms with van der Waals surface area (Å²) in [5.41, 5.74) is -1.55. The van der Waals surface area contributed by atoms with E-state index in [9.17, 15) is 29.4 Å². The summed E-state index contributed by atoms with van der Waals surface area (Å²) in [7, 11) is 0. The third kappa shape index (κ3) is 8.49. The van der Waals surface area contributed by atoms with Crippen molar-refractivity contribution in [1.29, 1.82) is 0 Å². The molecule has 2 aromatic rings. The fourth-order valence-electron chi connectivity index (χ4n) is 4.13. The van der Waals surface area contributed by atoms with E-state index < -0.39 is 46.7 Å². The molecule has 0 saturated carbocycles. The van der Waals surface area contributed by atoms with Gasteiger partial charge in [0.1, 0.15) is 18.6 Å². The molecule has 2 aromatic carbocycles. The van der Waals surface area contributed by atoms with E-state index in [1.54, 1.807) is 0 Å². The van der Waals surface area contributed by atoms with Crippen molar-refractivity contribution in [2.45, 2.75) is 27.1 Å². The molecule has 0 spiro atoms. The minimum absolute atomic E-state index is 0.0217. The number of carboxylic acid groups (broad SMARTS) is 2. The predicted molar refractivity (Wildman–Crippen MR) is 139 cm³/mol. The van der Waals surface area contributed by atoms with Crippen LogP contribution in [-0.2, 0) is 51.3 Å². The molecule has 10 nitrogen and oxygen atoms in total. The number of ether oxygens (including phenoxy) is 4. The van der Waals surface area contributed by atoms with Crippen molar-refractivity contribution in [3.8, 4) is 0 Å². The molecule has 0 aromatic heterocycles. The van der Waals surface area contributed by atoms with Crippen molar-refractivity contribution in [2.24, 2.45) is 17.3 Å². The van der Waals surface area contributed by atoms with Gasteiger partial charge >= 0.3 is 23.9 Å². The number of aliphatic carboxylic acids is 2. The van der Waals surface area contributed by atoms with Gasteiger partial charge in [-0.2, -0.15) is 0 Å². The zero-order valence-electron chi connectivity index (χ0n) is 22.0. The fraction of sp³-hybridized carbons (Fsp3) is 0.379. The molecule has 0 aliphatic rings. The first kappa shape index (κ1) is 31.2. The lowest BCUT2D eigenvalue weighted by Gasteiger charge is -2.37. The highest BCUT2D eigenvalue weighted by atomic mass is 16.6. The van der Waals surface area contributed by atoms with Crippen molar-refractivity contribution < 1.29 is 48.3 Å². The normalized spacial score (nSPS) is 13.9. The van der Waals surface area contributed by atoms with Crippen molar-refractivity contribution in [3.05, 3.63) is 83.9 Å². The van der Waals surface area contributed by atoms with Gasteiger partial charge in [-0.25, -0.2) is 4.79 Å². The summed E-state index contributed by atoms with van der Waals surface area (Å²) in [4.78, 5) is 50.1. The summed E-state index contributed by atoms with van der Waals surface area (Å²) in [6.45, 7) is 5.95. The average Bonchev–Trinajstić information content (AvgIpc) is 2.93. The molecule has 0 fully saturated rings. The van der Waals surface area contributed by atoms with E-state index in [4.69, 9.17) is 18.9 Å². The predicted octanol–water partition coefficient (Wildman–Crippen LogP) is 3.49. The van der Waals surface area contributed by atoms with Gasteiger partial charge in [0, 0.05) is 5.57 Å². The number of esters is 2. The number of carboxylic acids is 2. The van der Waals surface area contributed by atoms with Gasteiger partial charge in [-0.3, -0.25) is 14.4 Å². The van der Waals surface area contributed by atoms with E-state index in [0.717, 1.165) is 11.1 Å². The molecule has 2 rings (SSSR count). The average molecular weight is 543 g/mol. The third-order valence-electron chi connectivity index (χ3n) is 6.35. The Labute approximate surface area is 227 Å². The summed E-state index contributed by atoms with van der Waals surface area (Å²) in [6, 6.07) is 18.6. The van der Waals surface area contributed by atoms with Gasteiger partial charge in [-0.15, -0.1) is 0 Å². The molecule has 0 bridgehead atoms. The molecule has 0 amide bonds. The fourth-order valence-corrected chi connectivity index (χ4v) is 4.13. The Hall–Kier alpha value is -4.02. The summed E-state index contributed by atoms with van der Waals surface area (Å²) in [5, 5.41) is 19.8. The number of carbonyl (C=O) groups is 4. The lowest BCUT2D eigenvalue weighted by Crippen LogP contribution is -2.52. The van der Waals surface area contributed by atoms with Gasteiger partial charge in [0.2, 0.25) is 0 Å². The maximum atomic E-state index is 12.9. The lowest BCUT2D eigenvalue weighted by atomic mass is 9.63. The van der Waals surface area contributed by atoms with Crippen molar-refractivity contribution in [3.63, 3.8) is 0 Å². The number of hydrogen-bond acceptors (Lipinski definition) is 8. The molecular weight excluding hydrogens is 508 g/mol. The van der Waals surface area contributed by atoms with Gasteiger partial charge in [-0.05, 0) is 11.1 Å². The van der Waals surface area contributed by atoms with Gasteiger partial charge in [0.15, 0.2) is 0 Å². The number of hydrogen-bond donors (Lipinski definition) is 2. The van der Waals surface area contributed by atoms with Crippen molar-refractivity contribution in [2.75, 3.05) is 26.4 Å². The van der Waals surface area contributed by atoms with Gasteiger partial charge < -0.3 is 29.2 Å². The molecule has 2 N–H and O–H groups in total. The van der Waals surface area contributed by atoms with Crippen LogP contribution >= 0.6 is 0 Å². The Morgan fingerprint density at radius 2 is 1.10 bits per heavy atom. The second-order valence-corrected chi connectivity index (χ2v) is 8.81. The maximum absolute atomic E-state index is 12.9. The van der Waals surface area contributed by atoms with E-state index in [-0.39, 0.29) is 39.6 Å². The van der Waals surface area contributed by atoms with Crippen molar-refractivity contribution in [1.82, 2.24) is 0 Å². The van der Waals surface area contributed by atoms with Crippen LogP contribution in [0.5, 0.6) is 0 Å². The number of benzene rings is 2. The Morgan fingerprint density at radius 3 is 1.44 bits per heavy atom. The highest BCUT2D eigenvalue weighted by Crippen LogP contribution is 2.44. The van der Waals surface area contributed by atoms with Crippen LogP contribution in [0.1, 0.15) is 25.0 Å².